The molecular weight excluding hydrogens is 340 g/mol. The van der Waals surface area contributed by atoms with Crippen LogP contribution < -0.4 is 14.8 Å². The molecule has 1 N–H and O–H groups in total. The Morgan fingerprint density at radius 3 is 2.33 bits per heavy atom. The lowest BCUT2D eigenvalue weighted by molar-refractivity contribution is -0.123. The summed E-state index contributed by atoms with van der Waals surface area (Å²) in [6.07, 6.45) is 0. The molecule has 0 aliphatic carbocycles. The molecule has 0 saturated carbocycles. The highest BCUT2D eigenvalue weighted by molar-refractivity contribution is 5.77. The lowest BCUT2D eigenvalue weighted by Crippen LogP contribution is -2.37. The second-order valence-electron chi connectivity index (χ2n) is 7.04. The fourth-order valence-corrected chi connectivity index (χ4v) is 2.87. The third-order valence-electron chi connectivity index (χ3n) is 4.53. The molecule has 2 aromatic rings. The number of para-hydroxylation sites is 1. The molecule has 27 heavy (non-hydrogen) atoms. The van der Waals surface area contributed by atoms with E-state index in [-0.39, 0.29) is 18.6 Å². The first-order chi connectivity index (χ1) is 12.9. The monoisotopic (exact) mass is 370 g/mol. The van der Waals surface area contributed by atoms with E-state index in [9.17, 15) is 4.79 Å². The van der Waals surface area contributed by atoms with Crippen molar-refractivity contribution >= 4 is 5.91 Å². The lowest BCUT2D eigenvalue weighted by atomic mass is 10.0. The molecule has 0 fully saturated rings. The van der Waals surface area contributed by atoms with E-state index in [1.54, 1.807) is 7.11 Å². The van der Waals surface area contributed by atoms with Gasteiger partial charge in [-0.25, -0.2) is 0 Å². The molecule has 0 bridgehead atoms. The van der Waals surface area contributed by atoms with E-state index in [2.05, 4.69) is 24.1 Å². The largest absolute Gasteiger partial charge is 0.496 e. The second-order valence-corrected chi connectivity index (χ2v) is 7.04. The Bertz CT molecular complexity index is 727. The molecule has 0 spiro atoms. The maximum Gasteiger partial charge on any atom is 0.258 e. The second kappa shape index (κ2) is 9.97. The molecule has 0 aliphatic heterocycles. The minimum atomic E-state index is -0.148. The van der Waals surface area contributed by atoms with Crippen LogP contribution in [0.4, 0.5) is 0 Å². The van der Waals surface area contributed by atoms with E-state index in [0.717, 1.165) is 11.3 Å². The topological polar surface area (TPSA) is 50.8 Å². The Balaban J connectivity index is 1.90. The average molecular weight is 370 g/mol. The van der Waals surface area contributed by atoms with Crippen LogP contribution in [0.15, 0.2) is 48.5 Å². The Morgan fingerprint density at radius 1 is 1.07 bits per heavy atom. The summed E-state index contributed by atoms with van der Waals surface area (Å²) >= 11 is 0. The van der Waals surface area contributed by atoms with Crippen molar-refractivity contribution in [3.63, 3.8) is 0 Å². The Labute approximate surface area is 162 Å². The van der Waals surface area contributed by atoms with Crippen molar-refractivity contribution in [2.24, 2.45) is 0 Å². The molecule has 1 amide bonds. The Morgan fingerprint density at radius 2 is 1.74 bits per heavy atom. The van der Waals surface area contributed by atoms with E-state index in [0.29, 0.717) is 18.2 Å². The highest BCUT2D eigenvalue weighted by atomic mass is 16.5. The number of methoxy groups -OCH3 is 1. The van der Waals surface area contributed by atoms with Crippen molar-refractivity contribution in [1.82, 2.24) is 10.2 Å². The molecule has 0 heterocycles. The molecule has 0 aliphatic rings. The van der Waals surface area contributed by atoms with Gasteiger partial charge in [-0.3, -0.25) is 4.79 Å². The number of likely N-dealkylation sites (N-methyl/N-ethyl adjacent to an activating group) is 1. The van der Waals surface area contributed by atoms with Crippen LogP contribution in [0.3, 0.4) is 0 Å². The number of ether oxygens (including phenoxy) is 2. The first kappa shape index (κ1) is 20.8. The van der Waals surface area contributed by atoms with Crippen LogP contribution in [0.5, 0.6) is 11.5 Å². The molecule has 0 unspecified atom stereocenters. The van der Waals surface area contributed by atoms with Gasteiger partial charge >= 0.3 is 0 Å². The van der Waals surface area contributed by atoms with Gasteiger partial charge in [0.05, 0.1) is 13.2 Å². The smallest absolute Gasteiger partial charge is 0.258 e. The van der Waals surface area contributed by atoms with E-state index < -0.39 is 0 Å². The minimum absolute atomic E-state index is 0.00685. The predicted octanol–water partition coefficient (Wildman–Crippen LogP) is 3.62. The van der Waals surface area contributed by atoms with Crippen LogP contribution >= 0.6 is 0 Å². The van der Waals surface area contributed by atoms with Crippen LogP contribution in [0.2, 0.25) is 0 Å². The maximum atomic E-state index is 12.2. The number of nitrogens with one attached hydrogen (secondary N) is 1. The van der Waals surface area contributed by atoms with Gasteiger partial charge in [-0.2, -0.15) is 0 Å². The molecular formula is C22H30N2O3. The van der Waals surface area contributed by atoms with Crippen molar-refractivity contribution < 1.29 is 14.3 Å². The van der Waals surface area contributed by atoms with E-state index >= 15 is 0 Å². The van der Waals surface area contributed by atoms with Gasteiger partial charge in [-0.15, -0.1) is 0 Å². The zero-order chi connectivity index (χ0) is 19.8. The van der Waals surface area contributed by atoms with E-state index in [1.807, 2.05) is 62.6 Å². The molecule has 5 heteroatoms. The van der Waals surface area contributed by atoms with Crippen molar-refractivity contribution in [3.05, 3.63) is 59.7 Å². The number of nitrogens with zero attached hydrogens (tertiary/aromatic N) is 1. The summed E-state index contributed by atoms with van der Waals surface area (Å²) in [6, 6.07) is 15.7. The highest BCUT2D eigenvalue weighted by Gasteiger charge is 2.19. The molecule has 0 radical (unpaired) electrons. The average Bonchev–Trinajstić information content (AvgIpc) is 2.67. The zero-order valence-corrected chi connectivity index (χ0v) is 16.9. The molecule has 146 valence electrons. The molecule has 2 aromatic carbocycles. The van der Waals surface area contributed by atoms with Crippen molar-refractivity contribution in [2.45, 2.75) is 25.8 Å². The van der Waals surface area contributed by atoms with E-state index in [1.165, 1.54) is 5.56 Å². The fraction of sp³-hybridized carbons (Fsp3) is 0.409. The van der Waals surface area contributed by atoms with Crippen LogP contribution in [-0.4, -0.2) is 45.2 Å². The van der Waals surface area contributed by atoms with Gasteiger partial charge in [0.1, 0.15) is 11.5 Å². The number of rotatable bonds is 9. The van der Waals surface area contributed by atoms with Crippen LogP contribution in [0.25, 0.3) is 0 Å². The number of amides is 1. The minimum Gasteiger partial charge on any atom is -0.496 e. The highest BCUT2D eigenvalue weighted by Crippen LogP contribution is 2.27. The van der Waals surface area contributed by atoms with Gasteiger partial charge in [0.2, 0.25) is 0 Å². The van der Waals surface area contributed by atoms with Gasteiger partial charge in [-0.1, -0.05) is 44.2 Å². The standard InChI is InChI=1S/C22H30N2O3/c1-16(2)17-10-12-18(13-11-17)27-15-22(25)23-14-20(24(3)4)19-8-6-7-9-21(19)26-5/h6-13,16,20H,14-15H2,1-5H3,(H,23,25)/t20-/m0/s1. The van der Waals surface area contributed by atoms with Gasteiger partial charge in [0.25, 0.3) is 5.91 Å². The summed E-state index contributed by atoms with van der Waals surface area (Å²) in [5.74, 6) is 1.83. The SMILES string of the molecule is COc1ccccc1[C@H](CNC(=O)COc1ccc(C(C)C)cc1)N(C)C. The summed E-state index contributed by atoms with van der Waals surface area (Å²) < 4.78 is 11.0. The number of carbonyl (C=O) groups excluding carboxylic acids is 1. The predicted molar refractivity (Wildman–Crippen MR) is 108 cm³/mol. The molecule has 0 aromatic heterocycles. The molecule has 1 atom stereocenters. The number of carbonyl (C=O) groups is 1. The summed E-state index contributed by atoms with van der Waals surface area (Å²) in [7, 11) is 5.62. The van der Waals surface area contributed by atoms with Crippen molar-refractivity contribution in [3.8, 4) is 11.5 Å². The fourth-order valence-electron chi connectivity index (χ4n) is 2.87. The first-order valence-electron chi connectivity index (χ1n) is 9.21. The summed E-state index contributed by atoms with van der Waals surface area (Å²) in [6.45, 7) is 4.76. The summed E-state index contributed by atoms with van der Waals surface area (Å²) in [5, 5.41) is 2.95. The third-order valence-corrected chi connectivity index (χ3v) is 4.53. The number of hydrogen-bond donors (Lipinski definition) is 1. The first-order valence-corrected chi connectivity index (χ1v) is 9.21. The van der Waals surface area contributed by atoms with Gasteiger partial charge in [-0.05, 0) is 43.8 Å². The number of benzene rings is 2. The van der Waals surface area contributed by atoms with Crippen molar-refractivity contribution in [1.29, 1.82) is 0 Å². The third kappa shape index (κ3) is 6.00. The molecule has 2 rings (SSSR count). The summed E-state index contributed by atoms with van der Waals surface area (Å²) in [5.41, 5.74) is 2.29. The van der Waals surface area contributed by atoms with Gasteiger partial charge in [0, 0.05) is 12.1 Å². The Hall–Kier alpha value is -2.53. The zero-order valence-electron chi connectivity index (χ0n) is 16.9. The Kier molecular flexibility index (Phi) is 7.67. The quantitative estimate of drug-likeness (QED) is 0.732. The number of hydrogen-bond acceptors (Lipinski definition) is 4. The van der Waals surface area contributed by atoms with Gasteiger partial charge < -0.3 is 19.7 Å². The maximum absolute atomic E-state index is 12.2. The lowest BCUT2D eigenvalue weighted by Gasteiger charge is -2.26. The molecule has 0 saturated heterocycles. The normalized spacial score (nSPS) is 12.1. The van der Waals surface area contributed by atoms with Crippen LogP contribution in [0.1, 0.15) is 36.9 Å². The van der Waals surface area contributed by atoms with E-state index in [4.69, 9.17) is 9.47 Å². The molecule has 5 nitrogen and oxygen atoms in total. The summed E-state index contributed by atoms with van der Waals surface area (Å²) in [4.78, 5) is 14.3. The van der Waals surface area contributed by atoms with Crippen LogP contribution in [0, 0.1) is 0 Å². The van der Waals surface area contributed by atoms with Gasteiger partial charge in [0.15, 0.2) is 6.61 Å². The van der Waals surface area contributed by atoms with Crippen LogP contribution in [-0.2, 0) is 4.79 Å². The van der Waals surface area contributed by atoms with Crippen molar-refractivity contribution in [2.75, 3.05) is 34.4 Å².